The molecule has 1 aromatic rings. The van der Waals surface area contributed by atoms with Crippen molar-refractivity contribution in [2.24, 2.45) is 0 Å². The van der Waals surface area contributed by atoms with Gasteiger partial charge < -0.3 is 29.2 Å². The standard InChI is InChI=1S/C15H19ClO6S/c1-3-19-14-12(18)13(11(17)8(2)20-14)22-15(23)21-10-6-4-9(16)5-7-10/h4-8,11-14,17-18H,3H2,1-2H3/t8-,11+,12-,13+,14+/m0/s1. The van der Waals surface area contributed by atoms with E-state index < -0.39 is 30.7 Å². The van der Waals surface area contributed by atoms with E-state index in [0.29, 0.717) is 17.4 Å². The minimum Gasteiger partial charge on any atom is -0.447 e. The Bertz CT molecular complexity index is 525. The lowest BCUT2D eigenvalue weighted by molar-refractivity contribution is -0.290. The average molecular weight is 363 g/mol. The van der Waals surface area contributed by atoms with Gasteiger partial charge in [-0.05, 0) is 38.1 Å². The molecule has 1 aliphatic rings. The van der Waals surface area contributed by atoms with E-state index in [9.17, 15) is 10.2 Å². The van der Waals surface area contributed by atoms with Crippen LogP contribution in [0.25, 0.3) is 0 Å². The molecule has 0 spiro atoms. The van der Waals surface area contributed by atoms with Gasteiger partial charge in [-0.25, -0.2) is 0 Å². The fourth-order valence-corrected chi connectivity index (χ4v) is 2.51. The van der Waals surface area contributed by atoms with E-state index in [2.05, 4.69) is 0 Å². The van der Waals surface area contributed by atoms with Crippen LogP contribution >= 0.6 is 23.8 Å². The minimum absolute atomic E-state index is 0.222. The number of aliphatic hydroxyl groups excluding tert-OH is 2. The molecule has 0 aliphatic carbocycles. The normalized spacial score (nSPS) is 30.7. The fraction of sp³-hybridized carbons (Fsp3) is 0.533. The largest absolute Gasteiger partial charge is 0.447 e. The Kier molecular flexibility index (Phi) is 6.58. The molecule has 1 aliphatic heterocycles. The van der Waals surface area contributed by atoms with Crippen LogP contribution in [-0.2, 0) is 14.2 Å². The summed E-state index contributed by atoms with van der Waals surface area (Å²) in [6.45, 7) is 3.78. The quantitative estimate of drug-likeness (QED) is 0.792. The van der Waals surface area contributed by atoms with Crippen LogP contribution in [0.4, 0.5) is 0 Å². The molecule has 0 saturated carbocycles. The number of halogens is 1. The van der Waals surface area contributed by atoms with E-state index in [0.717, 1.165) is 0 Å². The Morgan fingerprint density at radius 1 is 1.26 bits per heavy atom. The number of benzene rings is 1. The zero-order valence-electron chi connectivity index (χ0n) is 12.7. The molecule has 0 radical (unpaired) electrons. The zero-order valence-corrected chi connectivity index (χ0v) is 14.3. The van der Waals surface area contributed by atoms with Crippen molar-refractivity contribution >= 4 is 29.1 Å². The maximum atomic E-state index is 10.2. The summed E-state index contributed by atoms with van der Waals surface area (Å²) in [5.41, 5.74) is 0. The molecule has 0 unspecified atom stereocenters. The third-order valence-electron chi connectivity index (χ3n) is 3.36. The number of thiocarbonyl (C=S) groups is 1. The molecule has 5 atom stereocenters. The van der Waals surface area contributed by atoms with Gasteiger partial charge in [-0.2, -0.15) is 0 Å². The third-order valence-corrected chi connectivity index (χ3v) is 3.79. The summed E-state index contributed by atoms with van der Waals surface area (Å²) in [5, 5.41) is 20.7. The molecule has 8 heteroatoms. The van der Waals surface area contributed by atoms with Crippen LogP contribution in [0.5, 0.6) is 5.75 Å². The molecule has 1 aromatic carbocycles. The average Bonchev–Trinajstić information content (AvgIpc) is 2.51. The molecule has 1 heterocycles. The fourth-order valence-electron chi connectivity index (χ4n) is 2.17. The summed E-state index contributed by atoms with van der Waals surface area (Å²) < 4.78 is 21.4. The third kappa shape index (κ3) is 4.76. The predicted molar refractivity (Wildman–Crippen MR) is 87.5 cm³/mol. The first-order valence-corrected chi connectivity index (χ1v) is 7.98. The maximum Gasteiger partial charge on any atom is 0.358 e. The minimum atomic E-state index is -1.20. The van der Waals surface area contributed by atoms with Gasteiger partial charge in [0.1, 0.15) is 18.0 Å². The molecule has 23 heavy (non-hydrogen) atoms. The highest BCUT2D eigenvalue weighted by Gasteiger charge is 2.45. The van der Waals surface area contributed by atoms with Gasteiger partial charge in [0, 0.05) is 23.8 Å². The van der Waals surface area contributed by atoms with Gasteiger partial charge in [-0.1, -0.05) is 11.6 Å². The van der Waals surface area contributed by atoms with Crippen LogP contribution < -0.4 is 4.74 Å². The van der Waals surface area contributed by atoms with Crippen molar-refractivity contribution in [3.05, 3.63) is 29.3 Å². The monoisotopic (exact) mass is 362 g/mol. The van der Waals surface area contributed by atoms with Crippen molar-refractivity contribution in [1.82, 2.24) is 0 Å². The molecule has 0 bridgehead atoms. The lowest BCUT2D eigenvalue weighted by Gasteiger charge is -2.40. The van der Waals surface area contributed by atoms with Crippen LogP contribution in [-0.4, -0.2) is 52.8 Å². The van der Waals surface area contributed by atoms with Crippen molar-refractivity contribution in [3.63, 3.8) is 0 Å². The molecule has 1 fully saturated rings. The van der Waals surface area contributed by atoms with E-state index in [4.69, 9.17) is 42.8 Å². The Balaban J connectivity index is 2.00. The summed E-state index contributed by atoms with van der Waals surface area (Å²) in [7, 11) is 0. The first-order chi connectivity index (χ1) is 10.9. The van der Waals surface area contributed by atoms with Crippen LogP contribution in [0.3, 0.4) is 0 Å². The smallest absolute Gasteiger partial charge is 0.358 e. The van der Waals surface area contributed by atoms with Crippen molar-refractivity contribution < 1.29 is 29.2 Å². The summed E-state index contributed by atoms with van der Waals surface area (Å²) in [4.78, 5) is 0. The number of hydrogen-bond donors (Lipinski definition) is 2. The first-order valence-electron chi connectivity index (χ1n) is 7.19. The molecule has 128 valence electrons. The van der Waals surface area contributed by atoms with Crippen LogP contribution in [0.15, 0.2) is 24.3 Å². The van der Waals surface area contributed by atoms with Gasteiger partial charge in [-0.3, -0.25) is 0 Å². The number of aliphatic hydroxyl groups is 2. The molecular weight excluding hydrogens is 344 g/mol. The lowest BCUT2D eigenvalue weighted by atomic mass is 10.00. The van der Waals surface area contributed by atoms with Crippen molar-refractivity contribution in [1.29, 1.82) is 0 Å². The molecule has 2 N–H and O–H groups in total. The Hall–Kier alpha value is -0.960. The van der Waals surface area contributed by atoms with Crippen molar-refractivity contribution in [2.45, 2.75) is 44.6 Å². The molecule has 2 rings (SSSR count). The van der Waals surface area contributed by atoms with Crippen molar-refractivity contribution in [2.75, 3.05) is 6.61 Å². The predicted octanol–water partition coefficient (Wildman–Crippen LogP) is 1.89. The van der Waals surface area contributed by atoms with Gasteiger partial charge in [0.25, 0.3) is 0 Å². The second-order valence-corrected chi connectivity index (χ2v) is 5.80. The van der Waals surface area contributed by atoms with E-state index in [-0.39, 0.29) is 5.24 Å². The van der Waals surface area contributed by atoms with Gasteiger partial charge in [-0.15, -0.1) is 0 Å². The second kappa shape index (κ2) is 8.23. The van der Waals surface area contributed by atoms with Crippen LogP contribution in [0, 0.1) is 0 Å². The summed E-state index contributed by atoms with van der Waals surface area (Å²) in [6.07, 6.45) is -4.78. The number of ether oxygens (including phenoxy) is 4. The summed E-state index contributed by atoms with van der Waals surface area (Å²) in [6, 6.07) is 6.54. The summed E-state index contributed by atoms with van der Waals surface area (Å²) >= 11 is 10.8. The molecule has 6 nitrogen and oxygen atoms in total. The zero-order chi connectivity index (χ0) is 17.0. The second-order valence-electron chi connectivity index (χ2n) is 5.03. The van der Waals surface area contributed by atoms with Crippen molar-refractivity contribution in [3.8, 4) is 5.75 Å². The van der Waals surface area contributed by atoms with Gasteiger partial charge in [0.15, 0.2) is 12.4 Å². The topological polar surface area (TPSA) is 77.4 Å². The molecular formula is C15H19ClO6S. The summed E-state index contributed by atoms with van der Waals surface area (Å²) in [5.74, 6) is 0.435. The van der Waals surface area contributed by atoms with E-state index in [1.54, 1.807) is 38.1 Å². The van der Waals surface area contributed by atoms with Gasteiger partial charge in [0.05, 0.1) is 6.10 Å². The Morgan fingerprint density at radius 3 is 2.52 bits per heavy atom. The maximum absolute atomic E-state index is 10.2. The number of hydrogen-bond acceptors (Lipinski definition) is 7. The highest BCUT2D eigenvalue weighted by atomic mass is 35.5. The Morgan fingerprint density at radius 2 is 1.91 bits per heavy atom. The van der Waals surface area contributed by atoms with Gasteiger partial charge >= 0.3 is 5.24 Å². The highest BCUT2D eigenvalue weighted by molar-refractivity contribution is 7.79. The first kappa shape index (κ1) is 18.4. The Labute approximate surface area is 144 Å². The van der Waals surface area contributed by atoms with Gasteiger partial charge in [0.2, 0.25) is 0 Å². The number of rotatable bonds is 4. The van der Waals surface area contributed by atoms with E-state index in [1.165, 1.54) is 0 Å². The molecule has 1 saturated heterocycles. The van der Waals surface area contributed by atoms with Crippen LogP contribution in [0.1, 0.15) is 13.8 Å². The molecule has 0 amide bonds. The lowest BCUT2D eigenvalue weighted by Crippen LogP contribution is -2.59. The van der Waals surface area contributed by atoms with Crippen LogP contribution in [0.2, 0.25) is 5.02 Å². The SMILES string of the molecule is CCO[C@@H]1O[C@@H](C)[C@@H](O)[C@@H](OC(=S)Oc2ccc(Cl)cc2)[C@@H]1O. The van der Waals surface area contributed by atoms with E-state index >= 15 is 0 Å². The van der Waals surface area contributed by atoms with E-state index in [1.807, 2.05) is 0 Å². The highest BCUT2D eigenvalue weighted by Crippen LogP contribution is 2.25. The molecule has 0 aromatic heterocycles.